The van der Waals surface area contributed by atoms with E-state index in [4.69, 9.17) is 4.74 Å². The second-order valence-electron chi connectivity index (χ2n) is 2.00. The van der Waals surface area contributed by atoms with E-state index in [-0.39, 0.29) is 0 Å². The van der Waals surface area contributed by atoms with E-state index < -0.39 is 0 Å². The van der Waals surface area contributed by atoms with E-state index in [2.05, 4.69) is 15.9 Å². The Labute approximate surface area is 69.9 Å². The Bertz CT molecular complexity index is 257. The van der Waals surface area contributed by atoms with Crippen molar-refractivity contribution in [3.05, 3.63) is 17.4 Å². The van der Waals surface area contributed by atoms with Gasteiger partial charge in [0.2, 0.25) is 0 Å². The molecule has 1 aromatic rings. The first-order valence-electron chi connectivity index (χ1n) is 3.36. The zero-order chi connectivity index (χ0) is 8.27. The Kier molecular flexibility index (Phi) is 2.59. The molecule has 0 N–H and O–H groups in total. The molecule has 0 aliphatic heterocycles. The summed E-state index contributed by atoms with van der Waals surface area (Å²) in [6.07, 6.45) is 0. The minimum atomic E-state index is 0.609. The Morgan fingerprint density at radius 1 is 1.73 bits per heavy atom. The fraction of sp³-hybridized carbons (Fsp3) is 0.429. The van der Waals surface area contributed by atoms with E-state index in [1.165, 1.54) is 11.5 Å². The molecule has 1 heterocycles. The maximum atomic E-state index is 5.15. The van der Waals surface area contributed by atoms with Crippen LogP contribution in [0.2, 0.25) is 0 Å². The molecule has 0 saturated carbocycles. The summed E-state index contributed by atoms with van der Waals surface area (Å²) < 4.78 is 9.16. The zero-order valence-electron chi connectivity index (χ0n) is 6.63. The lowest BCUT2D eigenvalue weighted by Crippen LogP contribution is -1.88. The SMILES string of the molecule is C=C(OCC)c1nc(C)ns1. The Morgan fingerprint density at radius 2 is 2.45 bits per heavy atom. The van der Waals surface area contributed by atoms with Crippen LogP contribution < -0.4 is 0 Å². The highest BCUT2D eigenvalue weighted by molar-refractivity contribution is 7.06. The van der Waals surface area contributed by atoms with Gasteiger partial charge >= 0.3 is 0 Å². The Morgan fingerprint density at radius 3 is 2.91 bits per heavy atom. The molecule has 11 heavy (non-hydrogen) atoms. The lowest BCUT2D eigenvalue weighted by atomic mass is 10.6. The van der Waals surface area contributed by atoms with Gasteiger partial charge in [0.1, 0.15) is 11.6 Å². The van der Waals surface area contributed by atoms with Crippen LogP contribution in [0.25, 0.3) is 5.76 Å². The van der Waals surface area contributed by atoms with Crippen LogP contribution in [-0.2, 0) is 4.74 Å². The highest BCUT2D eigenvalue weighted by atomic mass is 32.1. The van der Waals surface area contributed by atoms with Gasteiger partial charge in [-0.3, -0.25) is 0 Å². The Hall–Kier alpha value is -0.900. The molecule has 0 bridgehead atoms. The molecule has 0 fully saturated rings. The van der Waals surface area contributed by atoms with Gasteiger partial charge in [-0.15, -0.1) is 0 Å². The molecule has 0 aliphatic rings. The minimum Gasteiger partial charge on any atom is -0.491 e. The third kappa shape index (κ3) is 2.01. The largest absolute Gasteiger partial charge is 0.491 e. The van der Waals surface area contributed by atoms with Gasteiger partial charge in [-0.25, -0.2) is 4.98 Å². The molecule has 0 aromatic carbocycles. The van der Waals surface area contributed by atoms with Crippen molar-refractivity contribution in [2.24, 2.45) is 0 Å². The van der Waals surface area contributed by atoms with Gasteiger partial charge in [-0.05, 0) is 25.4 Å². The second kappa shape index (κ2) is 3.48. The first-order chi connectivity index (χ1) is 5.24. The highest BCUT2D eigenvalue weighted by Crippen LogP contribution is 2.14. The fourth-order valence-electron chi connectivity index (χ4n) is 0.646. The van der Waals surface area contributed by atoms with Gasteiger partial charge in [0.05, 0.1) is 6.61 Å². The summed E-state index contributed by atoms with van der Waals surface area (Å²) in [6, 6.07) is 0. The minimum absolute atomic E-state index is 0.609. The normalized spacial score (nSPS) is 9.64. The monoisotopic (exact) mass is 170 g/mol. The molecule has 0 radical (unpaired) electrons. The fourth-order valence-corrected chi connectivity index (χ4v) is 1.24. The molecular formula is C7H10N2OS. The number of rotatable bonds is 3. The molecule has 0 aliphatic carbocycles. The van der Waals surface area contributed by atoms with Crippen LogP contribution in [0.1, 0.15) is 17.8 Å². The molecule has 0 amide bonds. The van der Waals surface area contributed by atoms with Gasteiger partial charge in [-0.2, -0.15) is 4.37 Å². The van der Waals surface area contributed by atoms with Crippen molar-refractivity contribution in [2.45, 2.75) is 13.8 Å². The van der Waals surface area contributed by atoms with Gasteiger partial charge in [0.15, 0.2) is 5.01 Å². The third-order valence-corrected chi connectivity index (χ3v) is 1.93. The summed E-state index contributed by atoms with van der Waals surface area (Å²) in [5.74, 6) is 1.38. The molecule has 4 heteroatoms. The first kappa shape index (κ1) is 8.20. The second-order valence-corrected chi connectivity index (χ2v) is 2.75. The molecule has 1 rings (SSSR count). The van der Waals surface area contributed by atoms with Gasteiger partial charge in [0.25, 0.3) is 0 Å². The predicted octanol–water partition coefficient (Wildman–Crippen LogP) is 1.85. The molecule has 1 aromatic heterocycles. The number of aryl methyl sites for hydroxylation is 1. The molecule has 0 spiro atoms. The van der Waals surface area contributed by atoms with Crippen LogP contribution in [0.15, 0.2) is 6.58 Å². The average Bonchev–Trinajstić information content (AvgIpc) is 2.36. The van der Waals surface area contributed by atoms with Crippen molar-refractivity contribution in [3.8, 4) is 0 Å². The van der Waals surface area contributed by atoms with Crippen LogP contribution in [0.4, 0.5) is 0 Å². The smallest absolute Gasteiger partial charge is 0.177 e. The van der Waals surface area contributed by atoms with Crippen LogP contribution >= 0.6 is 11.5 Å². The summed E-state index contributed by atoms with van der Waals surface area (Å²) >= 11 is 1.31. The quantitative estimate of drug-likeness (QED) is 0.649. The van der Waals surface area contributed by atoms with Gasteiger partial charge in [0, 0.05) is 0 Å². The van der Waals surface area contributed by atoms with Crippen LogP contribution in [-0.4, -0.2) is 16.0 Å². The van der Waals surface area contributed by atoms with E-state index in [1.54, 1.807) is 0 Å². The summed E-state index contributed by atoms with van der Waals surface area (Å²) in [7, 11) is 0. The number of nitrogens with zero attached hydrogens (tertiary/aromatic N) is 2. The maximum Gasteiger partial charge on any atom is 0.177 e. The van der Waals surface area contributed by atoms with Crippen LogP contribution in [0.3, 0.4) is 0 Å². The van der Waals surface area contributed by atoms with Crippen LogP contribution in [0.5, 0.6) is 0 Å². The van der Waals surface area contributed by atoms with Gasteiger partial charge < -0.3 is 4.74 Å². The average molecular weight is 170 g/mol. The zero-order valence-corrected chi connectivity index (χ0v) is 7.44. The van der Waals surface area contributed by atoms with Crippen LogP contribution in [0, 0.1) is 6.92 Å². The Balaban J connectivity index is 2.69. The summed E-state index contributed by atoms with van der Waals surface area (Å²) in [5, 5.41) is 0.768. The molecule has 0 atom stereocenters. The lowest BCUT2D eigenvalue weighted by molar-refractivity contribution is 0.299. The van der Waals surface area contributed by atoms with E-state index in [0.717, 1.165) is 10.8 Å². The van der Waals surface area contributed by atoms with Crippen molar-refractivity contribution in [1.29, 1.82) is 0 Å². The summed E-state index contributed by atoms with van der Waals surface area (Å²) in [4.78, 5) is 4.11. The van der Waals surface area contributed by atoms with E-state index in [1.807, 2.05) is 13.8 Å². The third-order valence-electron chi connectivity index (χ3n) is 1.08. The standard InChI is InChI=1S/C7H10N2OS/c1-4-10-5(2)7-8-6(3)9-11-7/h2,4H2,1,3H3. The predicted molar refractivity (Wildman–Crippen MR) is 45.3 cm³/mol. The van der Waals surface area contributed by atoms with Crippen molar-refractivity contribution < 1.29 is 4.74 Å². The molecule has 60 valence electrons. The lowest BCUT2D eigenvalue weighted by Gasteiger charge is -2.00. The summed E-state index contributed by atoms with van der Waals surface area (Å²) in [5.41, 5.74) is 0. The van der Waals surface area contributed by atoms with E-state index >= 15 is 0 Å². The van der Waals surface area contributed by atoms with Crippen molar-refractivity contribution >= 4 is 17.3 Å². The number of hydrogen-bond donors (Lipinski definition) is 0. The maximum absolute atomic E-state index is 5.15. The molecule has 0 unspecified atom stereocenters. The number of ether oxygens (including phenoxy) is 1. The number of hydrogen-bond acceptors (Lipinski definition) is 4. The van der Waals surface area contributed by atoms with E-state index in [9.17, 15) is 0 Å². The van der Waals surface area contributed by atoms with Crippen molar-refractivity contribution in [2.75, 3.05) is 6.61 Å². The first-order valence-corrected chi connectivity index (χ1v) is 4.13. The molecular weight excluding hydrogens is 160 g/mol. The highest BCUT2D eigenvalue weighted by Gasteiger charge is 2.04. The van der Waals surface area contributed by atoms with Gasteiger partial charge in [-0.1, -0.05) is 6.58 Å². The summed E-state index contributed by atoms with van der Waals surface area (Å²) in [6.45, 7) is 8.10. The van der Waals surface area contributed by atoms with Crippen molar-refractivity contribution in [3.63, 3.8) is 0 Å². The number of aromatic nitrogens is 2. The topological polar surface area (TPSA) is 35.0 Å². The van der Waals surface area contributed by atoms with E-state index in [0.29, 0.717) is 12.4 Å². The molecule has 3 nitrogen and oxygen atoms in total. The molecule has 0 saturated heterocycles. The van der Waals surface area contributed by atoms with Crippen molar-refractivity contribution in [1.82, 2.24) is 9.36 Å².